The lowest BCUT2D eigenvalue weighted by Gasteiger charge is -2.17. The number of nitrogens with zero attached hydrogens (tertiary/aromatic N) is 5. The zero-order valence-corrected chi connectivity index (χ0v) is 25.4. The molecule has 44 heavy (non-hydrogen) atoms. The quantitative estimate of drug-likeness (QED) is 0.201. The summed E-state index contributed by atoms with van der Waals surface area (Å²) in [5, 5.41) is 8.07. The molecule has 0 N–H and O–H groups in total. The SMILES string of the molecule is CCC(=O)Cc1ccc(-c2sc3c(c2CN(C)CCOC)c(=O)n(-c2cccnn2)c(=O)n3Cc2c(F)cccc2F)cc1. The number of fused-ring (bicyclic) bond motifs is 1. The maximum Gasteiger partial charge on any atom is 0.338 e. The van der Waals surface area contributed by atoms with Crippen molar-refractivity contribution in [3.63, 3.8) is 0 Å². The lowest BCUT2D eigenvalue weighted by Crippen LogP contribution is -2.40. The van der Waals surface area contributed by atoms with Crippen molar-refractivity contribution in [1.82, 2.24) is 24.2 Å². The minimum absolute atomic E-state index is 0.0106. The summed E-state index contributed by atoms with van der Waals surface area (Å²) in [4.78, 5) is 43.2. The van der Waals surface area contributed by atoms with Crippen LogP contribution in [0, 0.1) is 11.6 Å². The number of hydrogen-bond donors (Lipinski definition) is 0. The zero-order chi connectivity index (χ0) is 31.4. The summed E-state index contributed by atoms with van der Waals surface area (Å²) in [6.07, 6.45) is 2.16. The molecule has 0 atom stereocenters. The Morgan fingerprint density at radius 2 is 1.75 bits per heavy atom. The van der Waals surface area contributed by atoms with Gasteiger partial charge in [0, 0.05) is 49.7 Å². The van der Waals surface area contributed by atoms with Crippen LogP contribution in [0.5, 0.6) is 0 Å². The van der Waals surface area contributed by atoms with Crippen LogP contribution in [0.25, 0.3) is 26.5 Å². The van der Waals surface area contributed by atoms with Crippen LogP contribution in [0.1, 0.15) is 30.0 Å². The van der Waals surface area contributed by atoms with Gasteiger partial charge in [0.2, 0.25) is 0 Å². The number of Topliss-reactive ketones (excluding diaryl/α,β-unsaturated/α-hetero) is 1. The van der Waals surface area contributed by atoms with E-state index in [1.807, 2.05) is 43.1 Å². The van der Waals surface area contributed by atoms with Crippen LogP contribution >= 0.6 is 11.3 Å². The third kappa shape index (κ3) is 6.28. The second-order valence-electron chi connectivity index (χ2n) is 10.4. The summed E-state index contributed by atoms with van der Waals surface area (Å²) in [6.45, 7) is 2.70. The van der Waals surface area contributed by atoms with Crippen LogP contribution in [0.3, 0.4) is 0 Å². The Balaban J connectivity index is 1.80. The molecule has 0 saturated carbocycles. The Hall–Kier alpha value is -4.39. The number of halogens is 2. The highest BCUT2D eigenvalue weighted by Crippen LogP contribution is 2.38. The van der Waals surface area contributed by atoms with Gasteiger partial charge >= 0.3 is 5.69 Å². The second kappa shape index (κ2) is 13.5. The third-order valence-corrected chi connectivity index (χ3v) is 8.66. The molecular formula is C32H31F2N5O4S. The van der Waals surface area contributed by atoms with Crippen LogP contribution < -0.4 is 11.2 Å². The molecule has 3 aromatic heterocycles. The maximum absolute atomic E-state index is 14.9. The van der Waals surface area contributed by atoms with E-state index in [-0.39, 0.29) is 27.4 Å². The lowest BCUT2D eigenvalue weighted by atomic mass is 10.0. The molecule has 0 unspecified atom stereocenters. The topological polar surface area (TPSA) is 99.3 Å². The Morgan fingerprint density at radius 3 is 2.39 bits per heavy atom. The summed E-state index contributed by atoms with van der Waals surface area (Å²) >= 11 is 1.20. The van der Waals surface area contributed by atoms with Gasteiger partial charge in [0.05, 0.1) is 18.5 Å². The van der Waals surface area contributed by atoms with Crippen LogP contribution in [0.4, 0.5) is 8.78 Å². The smallest absolute Gasteiger partial charge is 0.338 e. The molecule has 0 spiro atoms. The van der Waals surface area contributed by atoms with Gasteiger partial charge in [-0.15, -0.1) is 16.4 Å². The van der Waals surface area contributed by atoms with Gasteiger partial charge in [-0.2, -0.15) is 5.10 Å². The first-order chi connectivity index (χ1) is 21.2. The molecule has 0 fully saturated rings. The van der Waals surface area contributed by atoms with E-state index in [4.69, 9.17) is 4.74 Å². The van der Waals surface area contributed by atoms with E-state index in [0.29, 0.717) is 43.0 Å². The van der Waals surface area contributed by atoms with Gasteiger partial charge in [-0.1, -0.05) is 37.3 Å². The molecule has 228 valence electrons. The van der Waals surface area contributed by atoms with Gasteiger partial charge in [0.25, 0.3) is 5.56 Å². The van der Waals surface area contributed by atoms with E-state index in [2.05, 4.69) is 10.2 Å². The number of likely N-dealkylation sites (N-methyl/N-ethyl adjacent to an activating group) is 1. The molecule has 5 rings (SSSR count). The number of hydrogen-bond acceptors (Lipinski definition) is 8. The van der Waals surface area contributed by atoms with Gasteiger partial charge in [-0.05, 0) is 48.0 Å². The van der Waals surface area contributed by atoms with E-state index in [9.17, 15) is 23.2 Å². The first-order valence-corrected chi connectivity index (χ1v) is 14.9. The summed E-state index contributed by atoms with van der Waals surface area (Å²) in [7, 11) is 3.49. The summed E-state index contributed by atoms with van der Waals surface area (Å²) in [5.41, 5.74) is 0.558. The maximum atomic E-state index is 14.9. The van der Waals surface area contributed by atoms with Crippen molar-refractivity contribution in [2.24, 2.45) is 0 Å². The van der Waals surface area contributed by atoms with E-state index in [1.165, 1.54) is 34.2 Å². The van der Waals surface area contributed by atoms with E-state index < -0.39 is 29.4 Å². The molecule has 0 aliphatic rings. The molecule has 0 radical (unpaired) electrons. The molecule has 0 aliphatic carbocycles. The number of carbonyl (C=O) groups is 1. The normalized spacial score (nSPS) is 11.5. The van der Waals surface area contributed by atoms with Gasteiger partial charge in [-0.25, -0.2) is 18.1 Å². The van der Waals surface area contributed by atoms with Crippen molar-refractivity contribution in [1.29, 1.82) is 0 Å². The van der Waals surface area contributed by atoms with Crippen LogP contribution in [-0.4, -0.2) is 57.3 Å². The number of ketones is 1. The van der Waals surface area contributed by atoms with Crippen molar-refractivity contribution in [2.75, 3.05) is 27.3 Å². The van der Waals surface area contributed by atoms with Gasteiger partial charge in [-0.3, -0.25) is 19.1 Å². The fourth-order valence-corrected chi connectivity index (χ4v) is 6.27. The van der Waals surface area contributed by atoms with Crippen molar-refractivity contribution >= 4 is 27.3 Å². The van der Waals surface area contributed by atoms with Gasteiger partial charge in [0.1, 0.15) is 22.2 Å². The van der Waals surface area contributed by atoms with E-state index in [1.54, 1.807) is 13.2 Å². The predicted molar refractivity (Wildman–Crippen MR) is 165 cm³/mol. The molecular weight excluding hydrogens is 588 g/mol. The molecule has 2 aromatic carbocycles. The first kappa shape index (κ1) is 31.0. The summed E-state index contributed by atoms with van der Waals surface area (Å²) in [5.74, 6) is -1.51. The van der Waals surface area contributed by atoms with Gasteiger partial charge < -0.3 is 4.74 Å². The average Bonchev–Trinajstić information content (AvgIpc) is 3.39. The zero-order valence-electron chi connectivity index (χ0n) is 24.5. The second-order valence-corrected chi connectivity index (χ2v) is 11.4. The Labute approximate surface area is 256 Å². The average molecular weight is 620 g/mol. The molecule has 3 heterocycles. The molecule has 5 aromatic rings. The summed E-state index contributed by atoms with van der Waals surface area (Å²) < 4.78 is 37.1. The fourth-order valence-electron chi connectivity index (χ4n) is 4.97. The van der Waals surface area contributed by atoms with Crippen molar-refractivity contribution in [3.8, 4) is 16.3 Å². The molecule has 0 aliphatic heterocycles. The Morgan fingerprint density at radius 1 is 1.02 bits per heavy atom. The third-order valence-electron chi connectivity index (χ3n) is 7.35. The van der Waals surface area contributed by atoms with Crippen LogP contribution in [0.2, 0.25) is 0 Å². The molecule has 0 saturated heterocycles. The highest BCUT2D eigenvalue weighted by molar-refractivity contribution is 7.22. The Bertz CT molecular complexity index is 1900. The van der Waals surface area contributed by atoms with Gasteiger partial charge in [0.15, 0.2) is 5.82 Å². The van der Waals surface area contributed by atoms with Crippen molar-refractivity contribution in [2.45, 2.75) is 32.9 Å². The van der Waals surface area contributed by atoms with E-state index >= 15 is 0 Å². The summed E-state index contributed by atoms with van der Waals surface area (Å²) in [6, 6.07) is 14.0. The molecule has 9 nitrogen and oxygen atoms in total. The largest absolute Gasteiger partial charge is 0.383 e. The van der Waals surface area contributed by atoms with Crippen LogP contribution in [0.15, 0.2) is 70.4 Å². The fraction of sp³-hybridized carbons (Fsp3) is 0.281. The first-order valence-electron chi connectivity index (χ1n) is 14.0. The highest BCUT2D eigenvalue weighted by Gasteiger charge is 2.26. The highest BCUT2D eigenvalue weighted by atomic mass is 32.1. The van der Waals surface area contributed by atoms with Crippen molar-refractivity contribution in [3.05, 3.63) is 110 Å². The number of thiophene rings is 1. The Kier molecular flexibility index (Phi) is 9.52. The van der Waals surface area contributed by atoms with E-state index in [0.717, 1.165) is 27.8 Å². The predicted octanol–water partition coefficient (Wildman–Crippen LogP) is 4.60. The molecule has 12 heteroatoms. The number of methoxy groups -OCH3 is 1. The van der Waals surface area contributed by atoms with Crippen molar-refractivity contribution < 1.29 is 18.3 Å². The number of benzene rings is 2. The molecule has 0 bridgehead atoms. The molecule has 0 amide bonds. The minimum atomic E-state index is -0.809. The minimum Gasteiger partial charge on any atom is -0.383 e. The van der Waals surface area contributed by atoms with Crippen LogP contribution in [-0.2, 0) is 29.0 Å². The standard InChI is InChI=1S/C32H31F2N5O4S/c1-4-22(40)17-20-10-12-21(13-11-20)29-24(18-37(2)15-16-43-3)28-30(41)39(27-9-6-14-35-36-27)32(42)38(31(28)44-29)19-23-25(33)7-5-8-26(23)34/h5-14H,4,15-19H2,1-3H3. The number of carbonyl (C=O) groups excluding carboxylic acids is 1. The number of aromatic nitrogens is 4. The number of ether oxygens (including phenoxy) is 1. The number of rotatable bonds is 12. The lowest BCUT2D eigenvalue weighted by molar-refractivity contribution is -0.118. The monoisotopic (exact) mass is 619 g/mol.